The first-order valence-corrected chi connectivity index (χ1v) is 5.81. The van der Waals surface area contributed by atoms with Crippen LogP contribution in [-0.4, -0.2) is 13.1 Å². The SMILES string of the molecule is N#CCCN(CCC#N)c1cccc(Br)c1. The highest BCUT2D eigenvalue weighted by molar-refractivity contribution is 9.10. The van der Waals surface area contributed by atoms with Crippen molar-refractivity contribution in [2.45, 2.75) is 12.8 Å². The van der Waals surface area contributed by atoms with Crippen molar-refractivity contribution in [3.63, 3.8) is 0 Å². The lowest BCUT2D eigenvalue weighted by Crippen LogP contribution is -2.25. The van der Waals surface area contributed by atoms with E-state index in [9.17, 15) is 0 Å². The van der Waals surface area contributed by atoms with E-state index in [0.717, 1.165) is 10.2 Å². The highest BCUT2D eigenvalue weighted by Gasteiger charge is 2.05. The fourth-order valence-electron chi connectivity index (χ4n) is 1.41. The monoisotopic (exact) mass is 277 g/mol. The largest absolute Gasteiger partial charge is 0.369 e. The van der Waals surface area contributed by atoms with Gasteiger partial charge >= 0.3 is 0 Å². The van der Waals surface area contributed by atoms with Crippen LogP contribution >= 0.6 is 15.9 Å². The Labute approximate surface area is 104 Å². The normalized spacial score (nSPS) is 9.19. The van der Waals surface area contributed by atoms with Gasteiger partial charge in [-0.2, -0.15) is 10.5 Å². The summed E-state index contributed by atoms with van der Waals surface area (Å²) in [6.07, 6.45) is 0.940. The Morgan fingerprint density at radius 2 is 1.75 bits per heavy atom. The molecule has 0 bridgehead atoms. The number of hydrogen-bond donors (Lipinski definition) is 0. The first kappa shape index (κ1) is 12.5. The van der Waals surface area contributed by atoms with Crippen LogP contribution < -0.4 is 4.90 Å². The van der Waals surface area contributed by atoms with E-state index in [1.807, 2.05) is 24.3 Å². The highest BCUT2D eigenvalue weighted by Crippen LogP contribution is 2.20. The second-order valence-electron chi connectivity index (χ2n) is 3.28. The molecule has 0 saturated carbocycles. The lowest BCUT2D eigenvalue weighted by Gasteiger charge is -2.22. The maximum atomic E-state index is 8.59. The smallest absolute Gasteiger partial charge is 0.0640 e. The summed E-state index contributed by atoms with van der Waals surface area (Å²) in [5.74, 6) is 0. The molecule has 0 aromatic heterocycles. The van der Waals surface area contributed by atoms with Gasteiger partial charge in [-0.15, -0.1) is 0 Å². The Morgan fingerprint density at radius 3 is 2.25 bits per heavy atom. The quantitative estimate of drug-likeness (QED) is 0.831. The van der Waals surface area contributed by atoms with Crippen LogP contribution in [0.2, 0.25) is 0 Å². The Bertz CT molecular complexity index is 399. The van der Waals surface area contributed by atoms with E-state index in [4.69, 9.17) is 10.5 Å². The van der Waals surface area contributed by atoms with E-state index in [1.54, 1.807) is 0 Å². The van der Waals surface area contributed by atoms with Gasteiger partial charge in [0.2, 0.25) is 0 Å². The maximum Gasteiger partial charge on any atom is 0.0640 e. The van der Waals surface area contributed by atoms with Gasteiger partial charge in [-0.05, 0) is 18.2 Å². The van der Waals surface area contributed by atoms with Crippen molar-refractivity contribution in [1.82, 2.24) is 0 Å². The van der Waals surface area contributed by atoms with Gasteiger partial charge in [-0.25, -0.2) is 0 Å². The summed E-state index contributed by atoms with van der Waals surface area (Å²) in [6, 6.07) is 12.1. The summed E-state index contributed by atoms with van der Waals surface area (Å²) >= 11 is 3.41. The second kappa shape index (κ2) is 6.87. The van der Waals surface area contributed by atoms with Crippen LogP contribution in [-0.2, 0) is 0 Å². The molecule has 0 aliphatic rings. The summed E-state index contributed by atoms with van der Waals surface area (Å²) in [5, 5.41) is 17.2. The van der Waals surface area contributed by atoms with E-state index in [-0.39, 0.29) is 0 Å². The van der Waals surface area contributed by atoms with Gasteiger partial charge in [0.25, 0.3) is 0 Å². The van der Waals surface area contributed by atoms with Crippen LogP contribution in [0.15, 0.2) is 28.7 Å². The fraction of sp³-hybridized carbons (Fsp3) is 0.333. The van der Waals surface area contributed by atoms with Crippen molar-refractivity contribution < 1.29 is 0 Å². The van der Waals surface area contributed by atoms with Gasteiger partial charge in [0.1, 0.15) is 0 Å². The molecule has 0 heterocycles. The summed E-state index contributed by atoms with van der Waals surface area (Å²) in [4.78, 5) is 2.05. The molecule has 0 aliphatic carbocycles. The van der Waals surface area contributed by atoms with Crippen LogP contribution in [0.5, 0.6) is 0 Å². The van der Waals surface area contributed by atoms with Gasteiger partial charge < -0.3 is 4.90 Å². The van der Waals surface area contributed by atoms with E-state index < -0.39 is 0 Å². The zero-order valence-corrected chi connectivity index (χ0v) is 10.4. The lowest BCUT2D eigenvalue weighted by atomic mass is 10.2. The average molecular weight is 278 g/mol. The van der Waals surface area contributed by atoms with E-state index >= 15 is 0 Å². The first-order chi connectivity index (χ1) is 7.77. The third kappa shape index (κ3) is 3.92. The van der Waals surface area contributed by atoms with Gasteiger partial charge in [0, 0.05) is 23.2 Å². The number of rotatable bonds is 5. The Balaban J connectivity index is 2.75. The molecule has 1 aromatic carbocycles. The van der Waals surface area contributed by atoms with Crippen LogP contribution in [0, 0.1) is 22.7 Å². The maximum absolute atomic E-state index is 8.59. The molecular weight excluding hydrogens is 266 g/mol. The summed E-state index contributed by atoms with van der Waals surface area (Å²) in [6.45, 7) is 1.32. The molecule has 3 nitrogen and oxygen atoms in total. The summed E-state index contributed by atoms with van der Waals surface area (Å²) in [5.41, 5.74) is 1.04. The van der Waals surface area contributed by atoms with Crippen molar-refractivity contribution in [1.29, 1.82) is 10.5 Å². The van der Waals surface area contributed by atoms with Gasteiger partial charge in [0.15, 0.2) is 0 Å². The Kier molecular flexibility index (Phi) is 5.39. The first-order valence-electron chi connectivity index (χ1n) is 5.02. The highest BCUT2D eigenvalue weighted by atomic mass is 79.9. The van der Waals surface area contributed by atoms with Crippen LogP contribution in [0.3, 0.4) is 0 Å². The van der Waals surface area contributed by atoms with Crippen molar-refractivity contribution >= 4 is 21.6 Å². The standard InChI is InChI=1S/C12H12BrN3/c13-11-4-1-5-12(10-11)16(8-2-6-14)9-3-7-15/h1,4-5,10H,2-3,8-9H2. The molecule has 0 fully saturated rings. The number of halogens is 1. The van der Waals surface area contributed by atoms with Gasteiger partial charge in [0.05, 0.1) is 25.0 Å². The molecule has 0 N–H and O–H groups in total. The number of benzene rings is 1. The lowest BCUT2D eigenvalue weighted by molar-refractivity contribution is 0.796. The van der Waals surface area contributed by atoms with E-state index in [1.165, 1.54) is 0 Å². The molecule has 16 heavy (non-hydrogen) atoms. The number of nitrogens with zero attached hydrogens (tertiary/aromatic N) is 3. The van der Waals surface area contributed by atoms with Crippen LogP contribution in [0.1, 0.15) is 12.8 Å². The second-order valence-corrected chi connectivity index (χ2v) is 4.20. The van der Waals surface area contributed by atoms with Crippen molar-refractivity contribution in [2.75, 3.05) is 18.0 Å². The van der Waals surface area contributed by atoms with Crippen molar-refractivity contribution in [3.05, 3.63) is 28.7 Å². The number of hydrogen-bond acceptors (Lipinski definition) is 3. The van der Waals surface area contributed by atoms with Crippen molar-refractivity contribution in [2.24, 2.45) is 0 Å². The third-order valence-electron chi connectivity index (χ3n) is 2.16. The number of nitriles is 2. The minimum Gasteiger partial charge on any atom is -0.369 e. The Hall–Kier alpha value is -1.52. The molecule has 0 spiro atoms. The molecule has 0 aliphatic heterocycles. The molecule has 0 unspecified atom stereocenters. The van der Waals surface area contributed by atoms with Gasteiger partial charge in [-0.3, -0.25) is 0 Å². The topological polar surface area (TPSA) is 50.8 Å². The van der Waals surface area contributed by atoms with E-state index in [2.05, 4.69) is 33.0 Å². The zero-order valence-electron chi connectivity index (χ0n) is 8.86. The predicted octanol–water partition coefficient (Wildman–Crippen LogP) is 3.08. The molecule has 4 heteroatoms. The van der Waals surface area contributed by atoms with Crippen LogP contribution in [0.4, 0.5) is 5.69 Å². The third-order valence-corrected chi connectivity index (χ3v) is 2.65. The molecule has 82 valence electrons. The fourth-order valence-corrected chi connectivity index (χ4v) is 1.80. The van der Waals surface area contributed by atoms with E-state index in [0.29, 0.717) is 25.9 Å². The van der Waals surface area contributed by atoms with Gasteiger partial charge in [-0.1, -0.05) is 22.0 Å². The molecule has 0 saturated heterocycles. The molecule has 0 amide bonds. The predicted molar refractivity (Wildman–Crippen MR) is 66.8 cm³/mol. The van der Waals surface area contributed by atoms with Crippen molar-refractivity contribution in [3.8, 4) is 12.1 Å². The van der Waals surface area contributed by atoms with Crippen LogP contribution in [0.25, 0.3) is 0 Å². The summed E-state index contributed by atoms with van der Waals surface area (Å²) in [7, 11) is 0. The molecule has 1 rings (SSSR count). The molecule has 0 atom stereocenters. The Morgan fingerprint density at radius 1 is 1.12 bits per heavy atom. The molecule has 0 radical (unpaired) electrons. The minimum absolute atomic E-state index is 0.470. The number of anilines is 1. The molecular formula is C12H12BrN3. The average Bonchev–Trinajstić information content (AvgIpc) is 2.29. The summed E-state index contributed by atoms with van der Waals surface area (Å²) < 4.78 is 1.00. The minimum atomic E-state index is 0.470. The molecule has 1 aromatic rings. The zero-order chi connectivity index (χ0) is 11.8.